The van der Waals surface area contributed by atoms with Gasteiger partial charge in [0.05, 0.1) is 5.75 Å². The summed E-state index contributed by atoms with van der Waals surface area (Å²) < 4.78 is 23.2. The van der Waals surface area contributed by atoms with Crippen LogP contribution < -0.4 is 5.32 Å². The monoisotopic (exact) mass is 322 g/mol. The van der Waals surface area contributed by atoms with Gasteiger partial charge in [0.25, 0.3) is 0 Å². The SMILES string of the molecule is CS(=O)(=O)CC1(c2ccc(CCN3CCNCC3)cc2)CC1. The third kappa shape index (κ3) is 4.09. The normalized spacial score (nSPS) is 21.7. The van der Waals surface area contributed by atoms with Crippen LogP contribution in [0, 0.1) is 0 Å². The third-order valence-corrected chi connectivity index (χ3v) is 5.96. The molecule has 5 heteroatoms. The van der Waals surface area contributed by atoms with Crippen LogP contribution in [0.2, 0.25) is 0 Å². The summed E-state index contributed by atoms with van der Waals surface area (Å²) in [5.74, 6) is 0.292. The number of nitrogens with zero attached hydrogens (tertiary/aromatic N) is 1. The number of sulfone groups is 1. The molecule has 0 spiro atoms. The van der Waals surface area contributed by atoms with Crippen LogP contribution in [-0.4, -0.2) is 58.1 Å². The Morgan fingerprint density at radius 3 is 2.32 bits per heavy atom. The van der Waals surface area contributed by atoms with Crippen molar-refractivity contribution in [1.82, 2.24) is 10.2 Å². The second kappa shape index (κ2) is 6.30. The fourth-order valence-electron chi connectivity index (χ4n) is 3.42. The minimum absolute atomic E-state index is 0.0926. The van der Waals surface area contributed by atoms with Crippen molar-refractivity contribution >= 4 is 9.84 Å². The highest BCUT2D eigenvalue weighted by Crippen LogP contribution is 2.49. The molecule has 1 saturated carbocycles. The molecule has 22 heavy (non-hydrogen) atoms. The predicted molar refractivity (Wildman–Crippen MR) is 90.1 cm³/mol. The maximum atomic E-state index is 11.6. The number of benzene rings is 1. The standard InChI is InChI=1S/C17H26N2O2S/c1-22(20,21)14-17(7-8-17)16-4-2-15(3-5-16)6-11-19-12-9-18-10-13-19/h2-5,18H,6-14H2,1H3. The highest BCUT2D eigenvalue weighted by Gasteiger charge is 2.46. The van der Waals surface area contributed by atoms with Crippen molar-refractivity contribution in [2.45, 2.75) is 24.7 Å². The van der Waals surface area contributed by atoms with E-state index in [4.69, 9.17) is 0 Å². The molecule has 0 atom stereocenters. The van der Waals surface area contributed by atoms with E-state index < -0.39 is 9.84 Å². The molecular weight excluding hydrogens is 296 g/mol. The first-order chi connectivity index (χ1) is 10.5. The molecule has 1 aliphatic carbocycles. The fraction of sp³-hybridized carbons (Fsp3) is 0.647. The first-order valence-corrected chi connectivity index (χ1v) is 10.2. The summed E-state index contributed by atoms with van der Waals surface area (Å²) in [5.41, 5.74) is 2.45. The summed E-state index contributed by atoms with van der Waals surface area (Å²) in [5, 5.41) is 3.37. The van der Waals surface area contributed by atoms with Gasteiger partial charge in [-0.25, -0.2) is 8.42 Å². The van der Waals surface area contributed by atoms with Crippen molar-refractivity contribution in [3.8, 4) is 0 Å². The Kier molecular flexibility index (Phi) is 4.57. The zero-order chi connectivity index (χ0) is 15.6. The van der Waals surface area contributed by atoms with Gasteiger partial charge in [0.2, 0.25) is 0 Å². The molecular formula is C17H26N2O2S. The Labute approximate surface area is 133 Å². The molecule has 1 saturated heterocycles. The Balaban J connectivity index is 1.58. The van der Waals surface area contributed by atoms with E-state index in [0.29, 0.717) is 5.75 Å². The van der Waals surface area contributed by atoms with E-state index in [1.165, 1.54) is 17.4 Å². The van der Waals surface area contributed by atoms with Crippen LogP contribution in [0.1, 0.15) is 24.0 Å². The second-order valence-corrected chi connectivity index (χ2v) is 9.03. The zero-order valence-corrected chi connectivity index (χ0v) is 14.2. The van der Waals surface area contributed by atoms with E-state index in [9.17, 15) is 8.42 Å². The molecule has 1 N–H and O–H groups in total. The fourth-order valence-corrected chi connectivity index (χ4v) is 4.88. The largest absolute Gasteiger partial charge is 0.314 e. The highest BCUT2D eigenvalue weighted by molar-refractivity contribution is 7.90. The predicted octanol–water partition coefficient (Wildman–Crippen LogP) is 1.21. The number of rotatable bonds is 6. The van der Waals surface area contributed by atoms with E-state index >= 15 is 0 Å². The van der Waals surface area contributed by atoms with E-state index in [1.54, 1.807) is 0 Å². The van der Waals surface area contributed by atoms with Gasteiger partial charge in [-0.2, -0.15) is 0 Å². The van der Waals surface area contributed by atoms with Crippen LogP contribution in [0.25, 0.3) is 0 Å². The lowest BCUT2D eigenvalue weighted by Crippen LogP contribution is -2.44. The Morgan fingerprint density at radius 1 is 1.14 bits per heavy atom. The van der Waals surface area contributed by atoms with Crippen LogP contribution in [0.5, 0.6) is 0 Å². The van der Waals surface area contributed by atoms with Crippen molar-refractivity contribution in [2.75, 3.05) is 44.7 Å². The number of hydrogen-bond donors (Lipinski definition) is 1. The number of nitrogens with one attached hydrogen (secondary N) is 1. The molecule has 2 fully saturated rings. The minimum Gasteiger partial charge on any atom is -0.314 e. The van der Waals surface area contributed by atoms with Crippen molar-refractivity contribution in [1.29, 1.82) is 0 Å². The van der Waals surface area contributed by atoms with Gasteiger partial charge in [-0.1, -0.05) is 24.3 Å². The van der Waals surface area contributed by atoms with Crippen LogP contribution in [-0.2, 0) is 21.7 Å². The van der Waals surface area contributed by atoms with E-state index in [1.807, 2.05) is 0 Å². The van der Waals surface area contributed by atoms with Gasteiger partial charge in [-0.05, 0) is 30.4 Å². The van der Waals surface area contributed by atoms with E-state index in [0.717, 1.165) is 52.0 Å². The summed E-state index contributed by atoms with van der Waals surface area (Å²) in [6, 6.07) is 8.65. The van der Waals surface area contributed by atoms with Gasteiger partial charge < -0.3 is 10.2 Å². The molecule has 4 nitrogen and oxygen atoms in total. The molecule has 1 heterocycles. The molecule has 0 aromatic heterocycles. The van der Waals surface area contributed by atoms with Crippen molar-refractivity contribution < 1.29 is 8.42 Å². The molecule has 0 radical (unpaired) electrons. The lowest BCUT2D eigenvalue weighted by atomic mass is 9.96. The number of piperazine rings is 1. The molecule has 0 amide bonds. The van der Waals surface area contributed by atoms with Gasteiger partial charge in [0, 0.05) is 44.4 Å². The summed E-state index contributed by atoms with van der Waals surface area (Å²) >= 11 is 0. The van der Waals surface area contributed by atoms with Gasteiger partial charge in [0.15, 0.2) is 0 Å². The summed E-state index contributed by atoms with van der Waals surface area (Å²) in [4.78, 5) is 2.50. The van der Waals surface area contributed by atoms with Crippen LogP contribution in [0.3, 0.4) is 0 Å². The maximum Gasteiger partial charge on any atom is 0.148 e. The quantitative estimate of drug-likeness (QED) is 0.855. The van der Waals surface area contributed by atoms with E-state index in [-0.39, 0.29) is 5.41 Å². The molecule has 1 aliphatic heterocycles. The Hall–Kier alpha value is -0.910. The summed E-state index contributed by atoms with van der Waals surface area (Å²) in [6.07, 6.45) is 4.41. The van der Waals surface area contributed by atoms with Gasteiger partial charge in [0.1, 0.15) is 9.84 Å². The molecule has 1 aromatic rings. The minimum atomic E-state index is -2.91. The zero-order valence-electron chi connectivity index (χ0n) is 13.3. The van der Waals surface area contributed by atoms with Crippen molar-refractivity contribution in [2.24, 2.45) is 0 Å². The molecule has 0 bridgehead atoms. The van der Waals surface area contributed by atoms with Crippen LogP contribution in [0.15, 0.2) is 24.3 Å². The third-order valence-electron chi connectivity index (χ3n) is 4.88. The average molecular weight is 322 g/mol. The highest BCUT2D eigenvalue weighted by atomic mass is 32.2. The molecule has 0 unspecified atom stereocenters. The van der Waals surface area contributed by atoms with E-state index in [2.05, 4.69) is 34.5 Å². The smallest absolute Gasteiger partial charge is 0.148 e. The molecule has 3 rings (SSSR count). The topological polar surface area (TPSA) is 49.4 Å². The van der Waals surface area contributed by atoms with Crippen molar-refractivity contribution in [3.63, 3.8) is 0 Å². The molecule has 1 aromatic carbocycles. The Bertz CT molecular complexity index is 600. The first-order valence-electron chi connectivity index (χ1n) is 8.17. The molecule has 122 valence electrons. The van der Waals surface area contributed by atoms with Gasteiger partial charge >= 0.3 is 0 Å². The lowest BCUT2D eigenvalue weighted by molar-refractivity contribution is 0.244. The van der Waals surface area contributed by atoms with Gasteiger partial charge in [-0.3, -0.25) is 0 Å². The van der Waals surface area contributed by atoms with Crippen LogP contribution >= 0.6 is 0 Å². The summed E-state index contributed by atoms with van der Waals surface area (Å²) in [6.45, 7) is 5.56. The average Bonchev–Trinajstić information content (AvgIpc) is 3.25. The first kappa shape index (κ1) is 16.0. The number of hydrogen-bond acceptors (Lipinski definition) is 4. The lowest BCUT2D eigenvalue weighted by Gasteiger charge is -2.27. The van der Waals surface area contributed by atoms with Gasteiger partial charge in [-0.15, -0.1) is 0 Å². The maximum absolute atomic E-state index is 11.6. The Morgan fingerprint density at radius 2 is 1.77 bits per heavy atom. The summed E-state index contributed by atoms with van der Waals surface area (Å²) in [7, 11) is -2.91. The van der Waals surface area contributed by atoms with Crippen molar-refractivity contribution in [3.05, 3.63) is 35.4 Å². The van der Waals surface area contributed by atoms with Crippen LogP contribution in [0.4, 0.5) is 0 Å². The second-order valence-electron chi connectivity index (χ2n) is 6.89. The molecule has 2 aliphatic rings.